The Morgan fingerprint density at radius 2 is 0.889 bits per heavy atom. The molecule has 4 nitrogen and oxygen atoms in total. The first kappa shape index (κ1) is 42.0. The Morgan fingerprint density at radius 3 is 1.51 bits per heavy atom. The van der Waals surface area contributed by atoms with Gasteiger partial charge in [-0.2, -0.15) is 0 Å². The van der Waals surface area contributed by atoms with Gasteiger partial charge in [-0.1, -0.05) is 169 Å². The van der Waals surface area contributed by atoms with Crippen molar-refractivity contribution in [3.05, 3.63) is 241 Å². The summed E-state index contributed by atoms with van der Waals surface area (Å²) in [7, 11) is 0. The summed E-state index contributed by atoms with van der Waals surface area (Å²) in [5, 5.41) is 6.02. The summed E-state index contributed by atoms with van der Waals surface area (Å²) in [4.78, 5) is 10.8. The molecule has 4 aromatic heterocycles. The average Bonchev–Trinajstić information content (AvgIpc) is 4.08. The maximum absolute atomic E-state index is 5.52. The van der Waals surface area contributed by atoms with Gasteiger partial charge in [-0.3, -0.25) is 0 Å². The van der Waals surface area contributed by atoms with Crippen LogP contribution in [0.2, 0.25) is 0 Å². The van der Waals surface area contributed by atoms with Gasteiger partial charge >= 0.3 is 0 Å². The molecule has 340 valence electrons. The summed E-state index contributed by atoms with van der Waals surface area (Å²) >= 11 is 1.77. The van der Waals surface area contributed by atoms with E-state index in [0.29, 0.717) is 5.82 Å². The first-order valence-corrected chi connectivity index (χ1v) is 25.5. The second-order valence-corrected chi connectivity index (χ2v) is 20.2. The maximum atomic E-state index is 5.52. The highest BCUT2D eigenvalue weighted by molar-refractivity contribution is 7.26. The first-order chi connectivity index (χ1) is 35.4. The lowest BCUT2D eigenvalue weighted by atomic mass is 9.91. The second-order valence-electron chi connectivity index (χ2n) is 19.1. The molecule has 0 atom stereocenters. The van der Waals surface area contributed by atoms with Crippen LogP contribution in [0.1, 0.15) is 16.7 Å². The Bertz CT molecular complexity index is 4330. The van der Waals surface area contributed by atoms with Crippen molar-refractivity contribution in [3.63, 3.8) is 0 Å². The minimum absolute atomic E-state index is 0.713. The summed E-state index contributed by atoms with van der Waals surface area (Å²) in [5.41, 5.74) is 21.6. The standard InChI is InChI=1S/C67H46N4S/c1-41-35-42(2)62(43(3)36-41)47-31-33-59-55(37-47)56-40-49(70-57-28-16-13-25-50(57)51-26-14-17-29-58(51)70)32-34-60(56)71(59)65-53(44-19-7-4-8-20-44)38-48(39-54(65)45-21-9-5-10-22-45)63-66-64(52-27-15-18-30-61(52)72-66)69-67(68-63)46-23-11-6-12-24-46/h4-40H,1-3H3. The van der Waals surface area contributed by atoms with Crippen molar-refractivity contribution in [2.75, 3.05) is 0 Å². The van der Waals surface area contributed by atoms with Crippen molar-refractivity contribution < 1.29 is 0 Å². The molecule has 10 aromatic carbocycles. The first-order valence-electron chi connectivity index (χ1n) is 24.6. The highest BCUT2D eigenvalue weighted by Gasteiger charge is 2.25. The van der Waals surface area contributed by atoms with Crippen LogP contribution in [0, 0.1) is 20.8 Å². The highest BCUT2D eigenvalue weighted by atomic mass is 32.1. The van der Waals surface area contributed by atoms with Gasteiger partial charge in [0.1, 0.15) is 0 Å². The van der Waals surface area contributed by atoms with Gasteiger partial charge in [0.25, 0.3) is 0 Å². The molecule has 0 saturated carbocycles. The maximum Gasteiger partial charge on any atom is 0.160 e. The lowest BCUT2D eigenvalue weighted by Crippen LogP contribution is -2.03. The molecule has 0 spiro atoms. The third kappa shape index (κ3) is 6.66. The molecular formula is C67H46N4S. The quantitative estimate of drug-likeness (QED) is 0.160. The molecule has 14 rings (SSSR count). The minimum Gasteiger partial charge on any atom is -0.309 e. The number of rotatable bonds is 7. The van der Waals surface area contributed by atoms with E-state index in [9.17, 15) is 0 Å². The number of aromatic nitrogens is 4. The van der Waals surface area contributed by atoms with Gasteiger partial charge in [0.2, 0.25) is 0 Å². The molecule has 0 saturated heterocycles. The zero-order chi connectivity index (χ0) is 48.0. The molecule has 4 heterocycles. The molecule has 0 aliphatic rings. The van der Waals surface area contributed by atoms with E-state index in [2.05, 4.69) is 248 Å². The predicted molar refractivity (Wildman–Crippen MR) is 305 cm³/mol. The van der Waals surface area contributed by atoms with Crippen molar-refractivity contribution in [2.24, 2.45) is 0 Å². The summed E-state index contributed by atoms with van der Waals surface area (Å²) in [6.07, 6.45) is 0. The Morgan fingerprint density at radius 1 is 0.375 bits per heavy atom. The molecule has 0 radical (unpaired) electrons. The second kappa shape index (κ2) is 16.6. The van der Waals surface area contributed by atoms with E-state index in [0.717, 1.165) is 77.1 Å². The van der Waals surface area contributed by atoms with E-state index in [1.807, 2.05) is 6.07 Å². The van der Waals surface area contributed by atoms with Crippen LogP contribution in [0.25, 0.3) is 131 Å². The fraction of sp³-hybridized carbons (Fsp3) is 0.0448. The van der Waals surface area contributed by atoms with E-state index in [1.54, 1.807) is 11.3 Å². The molecule has 0 amide bonds. The number of aryl methyl sites for hydroxylation is 3. The van der Waals surface area contributed by atoms with Crippen LogP contribution in [0.3, 0.4) is 0 Å². The number of para-hydroxylation sites is 2. The van der Waals surface area contributed by atoms with Gasteiger partial charge in [0, 0.05) is 59.6 Å². The fourth-order valence-electron chi connectivity index (χ4n) is 11.6. The van der Waals surface area contributed by atoms with Crippen LogP contribution in [-0.4, -0.2) is 19.1 Å². The van der Waals surface area contributed by atoms with Crippen molar-refractivity contribution in [1.82, 2.24) is 19.1 Å². The van der Waals surface area contributed by atoms with E-state index in [4.69, 9.17) is 9.97 Å². The van der Waals surface area contributed by atoms with Crippen LogP contribution in [0.4, 0.5) is 0 Å². The Labute approximate surface area is 421 Å². The van der Waals surface area contributed by atoms with Gasteiger partial charge in [-0.15, -0.1) is 11.3 Å². The third-order valence-electron chi connectivity index (χ3n) is 14.6. The average molecular weight is 939 g/mol. The van der Waals surface area contributed by atoms with E-state index in [1.165, 1.54) is 65.1 Å². The Balaban J connectivity index is 1.11. The number of fused-ring (bicyclic) bond motifs is 9. The minimum atomic E-state index is 0.713. The number of nitrogens with zero attached hydrogens (tertiary/aromatic N) is 4. The van der Waals surface area contributed by atoms with Crippen LogP contribution in [-0.2, 0) is 0 Å². The smallest absolute Gasteiger partial charge is 0.160 e. The molecule has 14 aromatic rings. The molecule has 0 N–H and O–H groups in total. The van der Waals surface area contributed by atoms with Crippen molar-refractivity contribution in [2.45, 2.75) is 20.8 Å². The third-order valence-corrected chi connectivity index (χ3v) is 15.7. The monoisotopic (exact) mass is 938 g/mol. The molecule has 0 aliphatic heterocycles. The number of benzene rings is 10. The van der Waals surface area contributed by atoms with Crippen LogP contribution < -0.4 is 0 Å². The number of thiophene rings is 1. The Hall–Kier alpha value is -8.90. The zero-order valence-electron chi connectivity index (χ0n) is 40.1. The molecule has 5 heteroatoms. The van der Waals surface area contributed by atoms with Gasteiger partial charge in [0.15, 0.2) is 5.82 Å². The predicted octanol–water partition coefficient (Wildman–Crippen LogP) is 18.3. The van der Waals surface area contributed by atoms with E-state index >= 15 is 0 Å². The van der Waals surface area contributed by atoms with Gasteiger partial charge < -0.3 is 9.13 Å². The molecular weight excluding hydrogens is 893 g/mol. The normalized spacial score (nSPS) is 11.8. The van der Waals surface area contributed by atoms with Crippen LogP contribution in [0.5, 0.6) is 0 Å². The molecule has 72 heavy (non-hydrogen) atoms. The molecule has 0 aliphatic carbocycles. The zero-order valence-corrected chi connectivity index (χ0v) is 40.9. The van der Waals surface area contributed by atoms with Crippen molar-refractivity contribution in [3.8, 4) is 67.4 Å². The van der Waals surface area contributed by atoms with Gasteiger partial charge in [-0.05, 0) is 115 Å². The van der Waals surface area contributed by atoms with Crippen molar-refractivity contribution in [1.29, 1.82) is 0 Å². The highest BCUT2D eigenvalue weighted by Crippen LogP contribution is 2.48. The van der Waals surface area contributed by atoms with Gasteiger partial charge in [-0.25, -0.2) is 9.97 Å². The number of hydrogen-bond donors (Lipinski definition) is 0. The SMILES string of the molecule is Cc1cc(C)c(-c2ccc3c(c2)c2cc(-n4c5ccccc5c5ccccc54)ccc2n3-c2c(-c3ccccc3)cc(-c3nc(-c4ccccc4)nc4c3sc3ccccc34)cc2-c2ccccc2)c(C)c1. The topological polar surface area (TPSA) is 35.6 Å². The van der Waals surface area contributed by atoms with Gasteiger partial charge in [0.05, 0.1) is 43.7 Å². The fourth-order valence-corrected chi connectivity index (χ4v) is 12.7. The van der Waals surface area contributed by atoms with Crippen LogP contribution in [0.15, 0.2) is 224 Å². The van der Waals surface area contributed by atoms with Crippen molar-refractivity contribution >= 4 is 75.3 Å². The summed E-state index contributed by atoms with van der Waals surface area (Å²) in [5.74, 6) is 0.713. The molecule has 0 bridgehead atoms. The van der Waals surface area contributed by atoms with Crippen LogP contribution >= 0.6 is 11.3 Å². The lowest BCUT2D eigenvalue weighted by Gasteiger charge is -2.21. The molecule has 0 fully saturated rings. The number of hydrogen-bond acceptors (Lipinski definition) is 3. The Kier molecular flexibility index (Phi) is 9.70. The summed E-state index contributed by atoms with van der Waals surface area (Å²) < 4.78 is 7.24. The van der Waals surface area contributed by atoms with E-state index < -0.39 is 0 Å². The summed E-state index contributed by atoms with van der Waals surface area (Å²) in [6, 6.07) is 82.0. The van der Waals surface area contributed by atoms with E-state index in [-0.39, 0.29) is 0 Å². The lowest BCUT2D eigenvalue weighted by molar-refractivity contribution is 1.17. The molecule has 0 unspecified atom stereocenters. The largest absolute Gasteiger partial charge is 0.309 e. The summed E-state index contributed by atoms with van der Waals surface area (Å²) in [6.45, 7) is 6.68.